The molecule has 3 aromatic carbocycles. The number of aryl methyl sites for hydroxylation is 2. The Hall–Kier alpha value is -4.21. The fraction of sp³-hybridized carbons (Fsp3) is 0.421. The Labute approximate surface area is 287 Å². The molecular weight excluding hydrogens is 630 g/mol. The van der Waals surface area contributed by atoms with E-state index in [9.17, 15) is 9.59 Å². The number of ether oxygens (including phenoxy) is 4. The van der Waals surface area contributed by atoms with Gasteiger partial charge in [0.25, 0.3) is 5.91 Å². The van der Waals surface area contributed by atoms with Crippen molar-refractivity contribution in [2.45, 2.75) is 64.7 Å². The molecule has 1 aliphatic carbocycles. The van der Waals surface area contributed by atoms with Crippen LogP contribution in [0, 0.1) is 13.8 Å². The van der Waals surface area contributed by atoms with Gasteiger partial charge < -0.3 is 34.1 Å². The standard InChI is InChI=1S/C38H44ClN3O6/c1-23-14-34(39)36(15-24(23)2)48-13-12-47-30-10-6-27(7-11-30)33-18-28-21-41(25(3)43)22-35(40-28)37(33)38(44)42(29-8-9-29)20-26-16-31(45-4)19-32(17-26)46-5/h6-7,10-11,14-17,19,28-29,35,40H,8-9,12-13,18,20-22H2,1-5H3/t28-,35-/m1/s1. The summed E-state index contributed by atoms with van der Waals surface area (Å²) in [5, 5.41) is 4.25. The Morgan fingerprint density at radius 1 is 0.896 bits per heavy atom. The molecule has 10 heteroatoms. The SMILES string of the molecule is COc1cc(CN(C(=O)C2=C(c3ccc(OCCOc4cc(C)c(C)cc4Cl)cc3)C[C@@H]3CN(C(C)=O)C[C@H]2N3)C2CC2)cc(OC)c1. The van der Waals surface area contributed by atoms with E-state index in [1.807, 2.05) is 78.2 Å². The highest BCUT2D eigenvalue weighted by molar-refractivity contribution is 6.32. The molecule has 48 heavy (non-hydrogen) atoms. The molecule has 0 spiro atoms. The third-order valence-corrected chi connectivity index (χ3v) is 9.75. The van der Waals surface area contributed by atoms with E-state index in [-0.39, 0.29) is 29.9 Å². The van der Waals surface area contributed by atoms with Crippen molar-refractivity contribution in [1.29, 1.82) is 0 Å². The molecule has 0 radical (unpaired) electrons. The highest BCUT2D eigenvalue weighted by atomic mass is 35.5. The van der Waals surface area contributed by atoms with Crippen LogP contribution in [0.4, 0.5) is 0 Å². The minimum absolute atomic E-state index is 0.00174. The van der Waals surface area contributed by atoms with Crippen LogP contribution in [0.15, 0.2) is 60.2 Å². The predicted octanol–water partition coefficient (Wildman–Crippen LogP) is 5.97. The Balaban J connectivity index is 1.23. The number of piperazine rings is 1. The van der Waals surface area contributed by atoms with Crippen LogP contribution >= 0.6 is 11.6 Å². The number of fused-ring (bicyclic) bond motifs is 2. The molecule has 2 fully saturated rings. The van der Waals surface area contributed by atoms with Gasteiger partial charge in [0.1, 0.15) is 36.2 Å². The highest BCUT2D eigenvalue weighted by Crippen LogP contribution is 2.38. The van der Waals surface area contributed by atoms with Crippen LogP contribution in [-0.4, -0.2) is 80.3 Å². The zero-order valence-corrected chi connectivity index (χ0v) is 29.1. The van der Waals surface area contributed by atoms with Crippen molar-refractivity contribution in [3.05, 3.63) is 87.4 Å². The Kier molecular flexibility index (Phi) is 10.2. The van der Waals surface area contributed by atoms with Crippen molar-refractivity contribution < 1.29 is 28.5 Å². The fourth-order valence-corrected chi connectivity index (χ4v) is 6.89. The number of carbonyl (C=O) groups excluding carboxylic acids is 2. The zero-order valence-electron chi connectivity index (χ0n) is 28.3. The molecule has 1 saturated carbocycles. The van der Waals surface area contributed by atoms with Gasteiger partial charge in [-0.1, -0.05) is 23.7 Å². The second kappa shape index (κ2) is 14.5. The number of halogens is 1. The molecule has 9 nitrogen and oxygen atoms in total. The van der Waals surface area contributed by atoms with E-state index >= 15 is 0 Å². The van der Waals surface area contributed by atoms with E-state index in [2.05, 4.69) is 5.32 Å². The van der Waals surface area contributed by atoms with Crippen LogP contribution < -0.4 is 24.3 Å². The number of nitrogens with zero attached hydrogens (tertiary/aromatic N) is 2. The van der Waals surface area contributed by atoms with Crippen molar-refractivity contribution in [3.63, 3.8) is 0 Å². The lowest BCUT2D eigenvalue weighted by Gasteiger charge is -2.44. The summed E-state index contributed by atoms with van der Waals surface area (Å²) in [5.41, 5.74) is 5.91. The van der Waals surface area contributed by atoms with Crippen molar-refractivity contribution in [2.24, 2.45) is 0 Å². The van der Waals surface area contributed by atoms with Crippen LogP contribution in [0.25, 0.3) is 5.57 Å². The number of hydrogen-bond donors (Lipinski definition) is 1. The summed E-state index contributed by atoms with van der Waals surface area (Å²) in [7, 11) is 3.25. The lowest BCUT2D eigenvalue weighted by atomic mass is 9.82. The van der Waals surface area contributed by atoms with Gasteiger partial charge in [-0.2, -0.15) is 0 Å². The second-order valence-corrected chi connectivity index (χ2v) is 13.3. The van der Waals surface area contributed by atoms with Gasteiger partial charge in [0, 0.05) is 50.3 Å². The number of nitrogens with one attached hydrogen (secondary N) is 1. The molecule has 2 aliphatic heterocycles. The first-order valence-corrected chi connectivity index (χ1v) is 16.9. The molecule has 254 valence electrons. The van der Waals surface area contributed by atoms with E-state index in [1.165, 1.54) is 0 Å². The summed E-state index contributed by atoms with van der Waals surface area (Å²) in [6, 6.07) is 17.5. The Morgan fingerprint density at radius 2 is 1.56 bits per heavy atom. The number of carbonyl (C=O) groups is 2. The largest absolute Gasteiger partial charge is 0.497 e. The van der Waals surface area contributed by atoms with E-state index < -0.39 is 0 Å². The molecule has 2 heterocycles. The fourth-order valence-electron chi connectivity index (χ4n) is 6.61. The summed E-state index contributed by atoms with van der Waals surface area (Å²) < 4.78 is 22.9. The maximum atomic E-state index is 14.7. The number of rotatable bonds is 12. The Morgan fingerprint density at radius 3 is 2.21 bits per heavy atom. The molecule has 3 aliphatic rings. The van der Waals surface area contributed by atoms with Gasteiger partial charge in [0.05, 0.1) is 25.3 Å². The molecule has 2 atom stereocenters. The molecule has 0 unspecified atom stereocenters. The maximum Gasteiger partial charge on any atom is 0.252 e. The lowest BCUT2D eigenvalue weighted by Crippen LogP contribution is -2.61. The molecule has 1 saturated heterocycles. The minimum Gasteiger partial charge on any atom is -0.497 e. The Bertz CT molecular complexity index is 1680. The summed E-state index contributed by atoms with van der Waals surface area (Å²) in [5.74, 6) is 2.75. The first-order valence-electron chi connectivity index (χ1n) is 16.5. The van der Waals surface area contributed by atoms with Crippen LogP contribution in [0.1, 0.15) is 48.4 Å². The van der Waals surface area contributed by atoms with E-state index in [0.29, 0.717) is 67.3 Å². The predicted molar refractivity (Wildman–Crippen MR) is 186 cm³/mol. The molecule has 1 N–H and O–H groups in total. The monoisotopic (exact) mass is 673 g/mol. The second-order valence-electron chi connectivity index (χ2n) is 12.9. The van der Waals surface area contributed by atoms with Gasteiger partial charge in [-0.3, -0.25) is 9.59 Å². The molecule has 2 amide bonds. The van der Waals surface area contributed by atoms with Crippen LogP contribution in [-0.2, 0) is 16.1 Å². The summed E-state index contributed by atoms with van der Waals surface area (Å²) >= 11 is 6.36. The number of amides is 2. The maximum absolute atomic E-state index is 14.7. The summed E-state index contributed by atoms with van der Waals surface area (Å²) in [6.07, 6.45) is 2.56. The minimum atomic E-state index is -0.268. The van der Waals surface area contributed by atoms with E-state index in [4.69, 9.17) is 30.5 Å². The van der Waals surface area contributed by atoms with Crippen LogP contribution in [0.2, 0.25) is 5.02 Å². The summed E-state index contributed by atoms with van der Waals surface area (Å²) in [6.45, 7) is 7.85. The van der Waals surface area contributed by atoms with Gasteiger partial charge in [-0.05, 0) is 97.3 Å². The first-order chi connectivity index (χ1) is 23.1. The molecule has 0 aromatic heterocycles. The first kappa shape index (κ1) is 33.7. The van der Waals surface area contributed by atoms with Gasteiger partial charge in [0.2, 0.25) is 5.91 Å². The normalized spacial score (nSPS) is 18.8. The van der Waals surface area contributed by atoms with Crippen molar-refractivity contribution in [2.75, 3.05) is 40.5 Å². The van der Waals surface area contributed by atoms with Crippen molar-refractivity contribution in [1.82, 2.24) is 15.1 Å². The number of methoxy groups -OCH3 is 2. The van der Waals surface area contributed by atoms with Crippen molar-refractivity contribution >= 4 is 29.0 Å². The zero-order chi connectivity index (χ0) is 33.9. The average molecular weight is 674 g/mol. The topological polar surface area (TPSA) is 89.6 Å². The number of hydrogen-bond acceptors (Lipinski definition) is 7. The third-order valence-electron chi connectivity index (χ3n) is 9.45. The highest BCUT2D eigenvalue weighted by Gasteiger charge is 2.43. The summed E-state index contributed by atoms with van der Waals surface area (Å²) in [4.78, 5) is 31.0. The quantitative estimate of drug-likeness (QED) is 0.237. The van der Waals surface area contributed by atoms with Crippen LogP contribution in [0.3, 0.4) is 0 Å². The lowest BCUT2D eigenvalue weighted by molar-refractivity contribution is -0.132. The van der Waals surface area contributed by atoms with Crippen molar-refractivity contribution in [3.8, 4) is 23.0 Å². The average Bonchev–Trinajstić information content (AvgIpc) is 3.92. The van der Waals surface area contributed by atoms with E-state index in [0.717, 1.165) is 46.2 Å². The van der Waals surface area contributed by atoms with Gasteiger partial charge >= 0.3 is 0 Å². The number of benzene rings is 3. The van der Waals surface area contributed by atoms with Crippen LogP contribution in [0.5, 0.6) is 23.0 Å². The molecular formula is C38H44ClN3O6. The van der Waals surface area contributed by atoms with Gasteiger partial charge in [-0.25, -0.2) is 0 Å². The van der Waals surface area contributed by atoms with E-state index in [1.54, 1.807) is 21.1 Å². The van der Waals surface area contributed by atoms with Gasteiger partial charge in [0.15, 0.2) is 0 Å². The molecule has 2 bridgehead atoms. The molecule has 6 rings (SSSR count). The third kappa shape index (κ3) is 7.58. The smallest absolute Gasteiger partial charge is 0.252 e. The van der Waals surface area contributed by atoms with Gasteiger partial charge in [-0.15, -0.1) is 0 Å². The molecule has 3 aromatic rings.